The van der Waals surface area contributed by atoms with Crippen molar-refractivity contribution in [3.05, 3.63) is 93.4 Å². The molecule has 5 aliphatic rings. The highest BCUT2D eigenvalue weighted by molar-refractivity contribution is 7.86. The number of ether oxygens (including phenoxy) is 1. The predicted octanol–water partition coefficient (Wildman–Crippen LogP) is 8.44. The molecule has 0 unspecified atom stereocenters. The number of aromatic amines is 4. The summed E-state index contributed by atoms with van der Waals surface area (Å²) in [5.74, 6) is 0.166. The average molecular weight is 1250 g/mol. The SMILES string of the molecule is CC1(C)CN(c2cc(Cl)cc3[nH]ncc23)CCN1S(N)(=O)=O.CN(C)C(=O)C1CCN(c2cc(Cl)cc3[nH]ncc23)CC1.NC(=O)C1CCN(c2cc(Cl)cc3[nH]ncc23)CC1.O=C1NC2(CCO1)CCN(c1cc(Cl)cc3[nH]ncc13)CC2. The number of hydrogen-bond donors (Lipinski definition) is 7. The normalized spacial score (nSPS) is 18.6. The number of halogens is 4. The van der Waals surface area contributed by atoms with Gasteiger partial charge in [-0.1, -0.05) is 46.4 Å². The Bertz CT molecular complexity index is 3790. The maximum atomic E-state index is 12.0. The van der Waals surface area contributed by atoms with E-state index >= 15 is 0 Å². The number of benzene rings is 4. The van der Waals surface area contributed by atoms with Gasteiger partial charge in [0.1, 0.15) is 0 Å². The molecule has 0 aliphatic carbocycles. The molecule has 0 bridgehead atoms. The molecule has 28 heteroatoms. The number of primary amides is 1. The Morgan fingerprint density at radius 3 is 1.32 bits per heavy atom. The summed E-state index contributed by atoms with van der Waals surface area (Å²) in [5, 5.41) is 43.3. The molecule has 3 amide bonds. The molecule has 4 aromatic heterocycles. The number of nitrogens with zero attached hydrogens (tertiary/aromatic N) is 10. The third-order valence-electron chi connectivity index (χ3n) is 16.6. The van der Waals surface area contributed by atoms with Gasteiger partial charge in [0.15, 0.2) is 0 Å². The highest BCUT2D eigenvalue weighted by Gasteiger charge is 2.41. The fraction of sp³-hybridized carbons (Fsp3) is 0.446. The number of nitrogens with two attached hydrogens (primary N) is 2. The highest BCUT2D eigenvalue weighted by Crippen LogP contribution is 2.38. The van der Waals surface area contributed by atoms with Crippen molar-refractivity contribution >= 4 is 141 Å². The van der Waals surface area contributed by atoms with E-state index in [1.807, 2.05) is 88.9 Å². The number of cyclic esters (lactones) is 1. The number of piperidine rings is 3. The van der Waals surface area contributed by atoms with E-state index in [1.165, 1.54) is 4.31 Å². The quantitative estimate of drug-likeness (QED) is 0.0788. The van der Waals surface area contributed by atoms with Gasteiger partial charge in [0.2, 0.25) is 11.8 Å². The first kappa shape index (κ1) is 60.3. The zero-order chi connectivity index (χ0) is 59.7. The largest absolute Gasteiger partial charge is 0.449 e. The van der Waals surface area contributed by atoms with E-state index in [9.17, 15) is 22.8 Å². The van der Waals surface area contributed by atoms with Crippen molar-refractivity contribution in [2.45, 2.75) is 69.9 Å². The Morgan fingerprint density at radius 1 is 0.583 bits per heavy atom. The Hall–Kier alpha value is -6.80. The number of piperazine rings is 1. The molecule has 0 atom stereocenters. The van der Waals surface area contributed by atoms with Crippen LogP contribution in [0.25, 0.3) is 43.6 Å². The van der Waals surface area contributed by atoms with Crippen LogP contribution in [0.2, 0.25) is 20.1 Å². The van der Waals surface area contributed by atoms with Crippen LogP contribution in [0.15, 0.2) is 73.3 Å². The van der Waals surface area contributed by atoms with Crippen molar-refractivity contribution in [1.82, 2.24) is 55.3 Å². The van der Waals surface area contributed by atoms with E-state index < -0.39 is 15.7 Å². The van der Waals surface area contributed by atoms with Crippen molar-refractivity contribution in [2.75, 3.05) is 99.2 Å². The number of anilines is 4. The number of H-pyrrole nitrogens is 4. The van der Waals surface area contributed by atoms with Gasteiger partial charge in [-0.2, -0.15) is 33.1 Å². The summed E-state index contributed by atoms with van der Waals surface area (Å²) in [7, 11) is -0.0766. The molecule has 0 saturated carbocycles. The van der Waals surface area contributed by atoms with Crippen molar-refractivity contribution in [2.24, 2.45) is 22.7 Å². The second-order valence-corrected chi connectivity index (χ2v) is 26.0. The molecule has 9 heterocycles. The lowest BCUT2D eigenvalue weighted by molar-refractivity contribution is -0.133. The molecule has 13 rings (SSSR count). The number of carbonyl (C=O) groups excluding carboxylic acids is 3. The predicted molar refractivity (Wildman–Crippen MR) is 332 cm³/mol. The number of amides is 3. The van der Waals surface area contributed by atoms with Gasteiger partial charge in [-0.05, 0) is 101 Å². The molecule has 4 aromatic carbocycles. The molecule has 1 spiro atoms. The summed E-state index contributed by atoms with van der Waals surface area (Å²) in [6.07, 6.45) is 13.0. The van der Waals surface area contributed by atoms with Gasteiger partial charge in [0.05, 0.1) is 53.5 Å². The summed E-state index contributed by atoms with van der Waals surface area (Å²) >= 11 is 24.7. The third-order valence-corrected chi connectivity index (χ3v) is 18.8. The minimum atomic E-state index is -3.72. The van der Waals surface area contributed by atoms with Gasteiger partial charge in [0.25, 0.3) is 10.2 Å². The lowest BCUT2D eigenvalue weighted by Crippen LogP contribution is -2.62. The molecule has 5 aliphatic heterocycles. The van der Waals surface area contributed by atoms with Gasteiger partial charge in [-0.25, -0.2) is 9.93 Å². The standard InChI is InChI=1S/C15H17ClN4O2.C15H19ClN4O.C13H18ClN5O2S.C13H15ClN4O/c16-10-7-12-11(9-17-19-12)13(8-10)20-4-1-15(2-5-20)3-6-22-14(21)18-15;1-19(2)15(21)10-3-5-20(6-4-10)14-8-11(16)7-13-12(14)9-17-18-13;1-13(2)8-18(3-4-19(13)22(15,20)21)12-6-9(14)5-11-10(12)7-16-17-11;14-9-5-11-10(7-16-17-11)12(6-9)18-3-1-8(2-4-18)13(15)19/h7-9H,1-6H2,(H,17,19)(H,18,21);7-10H,3-6H2,1-2H3,(H,17,18);5-7H,3-4,8H2,1-2H3,(H,16,17)(H2,15,20,21);5-8H,1-4H2,(H2,15,19)(H,16,17). The van der Waals surface area contributed by atoms with Crippen LogP contribution in [0.5, 0.6) is 0 Å². The van der Waals surface area contributed by atoms with Gasteiger partial charge in [0, 0.05) is 167 Å². The number of hydrogen-bond acceptors (Lipinski definition) is 14. The second kappa shape index (κ2) is 25.0. The summed E-state index contributed by atoms with van der Waals surface area (Å²) in [6.45, 7) is 10.7. The number of carbonyl (C=O) groups is 3. The summed E-state index contributed by atoms with van der Waals surface area (Å²) in [5.41, 5.74) is 12.5. The first-order valence-electron chi connectivity index (χ1n) is 27.8. The van der Waals surface area contributed by atoms with Crippen LogP contribution in [-0.4, -0.2) is 167 Å². The summed E-state index contributed by atoms with van der Waals surface area (Å²) < 4.78 is 29.8. The Kier molecular flexibility index (Phi) is 18.0. The van der Waals surface area contributed by atoms with E-state index in [0.717, 1.165) is 151 Å². The number of alkyl carbamates (subject to hydrolysis) is 1. The molecule has 84 heavy (non-hydrogen) atoms. The first-order valence-corrected chi connectivity index (χ1v) is 30.8. The molecule has 448 valence electrons. The van der Waals surface area contributed by atoms with E-state index in [-0.39, 0.29) is 35.3 Å². The fourth-order valence-corrected chi connectivity index (χ4v) is 14.1. The van der Waals surface area contributed by atoms with Crippen LogP contribution >= 0.6 is 46.4 Å². The Balaban J connectivity index is 0.000000125. The van der Waals surface area contributed by atoms with E-state index in [1.54, 1.807) is 17.3 Å². The van der Waals surface area contributed by atoms with Gasteiger partial charge >= 0.3 is 6.09 Å². The van der Waals surface area contributed by atoms with Crippen LogP contribution in [-0.2, 0) is 24.5 Å². The van der Waals surface area contributed by atoms with Crippen molar-refractivity contribution < 1.29 is 27.5 Å². The van der Waals surface area contributed by atoms with E-state index in [2.05, 4.69) is 65.7 Å². The smallest absolute Gasteiger partial charge is 0.407 e. The Morgan fingerprint density at radius 2 is 0.964 bits per heavy atom. The van der Waals surface area contributed by atoms with Crippen LogP contribution in [0, 0.1) is 11.8 Å². The summed E-state index contributed by atoms with van der Waals surface area (Å²) in [4.78, 5) is 45.4. The lowest BCUT2D eigenvalue weighted by atomic mass is 9.84. The van der Waals surface area contributed by atoms with Gasteiger partial charge in [-0.3, -0.25) is 30.0 Å². The van der Waals surface area contributed by atoms with E-state index in [0.29, 0.717) is 46.3 Å². The van der Waals surface area contributed by atoms with Crippen molar-refractivity contribution in [3.8, 4) is 0 Å². The average Bonchev–Trinajstić information content (AvgIpc) is 2.79. The third kappa shape index (κ3) is 13.5. The highest BCUT2D eigenvalue weighted by atomic mass is 35.5. The van der Waals surface area contributed by atoms with Crippen LogP contribution in [0.4, 0.5) is 27.5 Å². The molecule has 23 nitrogen and oxygen atoms in total. The molecule has 5 fully saturated rings. The molecular weight excluding hydrogens is 1180 g/mol. The zero-order valence-corrected chi connectivity index (χ0v) is 50.9. The second-order valence-electron chi connectivity index (χ2n) is 22.8. The van der Waals surface area contributed by atoms with Crippen LogP contribution in [0.3, 0.4) is 0 Å². The maximum Gasteiger partial charge on any atom is 0.407 e. The van der Waals surface area contributed by atoms with Crippen molar-refractivity contribution in [3.63, 3.8) is 0 Å². The maximum absolute atomic E-state index is 12.0. The Labute approximate surface area is 506 Å². The molecule has 5 saturated heterocycles. The van der Waals surface area contributed by atoms with E-state index in [4.69, 9.17) is 62.0 Å². The minimum Gasteiger partial charge on any atom is -0.449 e. The number of nitrogens with one attached hydrogen (secondary N) is 5. The molecular formula is C56H69Cl4N17O6S. The van der Waals surface area contributed by atoms with Crippen molar-refractivity contribution in [1.29, 1.82) is 0 Å². The number of fused-ring (bicyclic) bond motifs is 4. The molecule has 0 radical (unpaired) electrons. The topological polar surface area (TPSA) is 293 Å². The first-order chi connectivity index (χ1) is 40.0. The fourth-order valence-electron chi connectivity index (χ4n) is 12.2. The monoisotopic (exact) mass is 1250 g/mol. The minimum absolute atomic E-state index is 0.00438. The lowest BCUT2D eigenvalue weighted by Gasteiger charge is -2.46. The van der Waals surface area contributed by atoms with Gasteiger partial charge < -0.3 is 40.3 Å². The van der Waals surface area contributed by atoms with Gasteiger partial charge in [-0.15, -0.1) is 0 Å². The summed E-state index contributed by atoms with van der Waals surface area (Å²) in [6, 6.07) is 15.2. The number of rotatable bonds is 7. The zero-order valence-electron chi connectivity index (χ0n) is 47.1. The van der Waals surface area contributed by atoms with Crippen LogP contribution in [0.1, 0.15) is 58.8 Å². The molecule has 8 aromatic rings. The molecule has 9 N–H and O–H groups in total. The number of aromatic nitrogens is 8. The van der Waals surface area contributed by atoms with Crippen LogP contribution < -0.4 is 35.8 Å².